The van der Waals surface area contributed by atoms with Crippen molar-refractivity contribution < 1.29 is 23.5 Å². The number of methoxy groups -OCH3 is 2. The molecule has 0 saturated carbocycles. The third-order valence-corrected chi connectivity index (χ3v) is 4.54. The van der Waals surface area contributed by atoms with E-state index in [1.165, 1.54) is 14.2 Å². The topological polar surface area (TPSA) is 82.8 Å². The van der Waals surface area contributed by atoms with Crippen molar-refractivity contribution in [1.82, 2.24) is 0 Å². The molecule has 0 atom stereocenters. The number of ketones is 1. The summed E-state index contributed by atoms with van der Waals surface area (Å²) < 4.78 is 15.9. The van der Waals surface area contributed by atoms with E-state index in [1.54, 1.807) is 0 Å². The molecule has 0 amide bonds. The summed E-state index contributed by atoms with van der Waals surface area (Å²) in [5.74, 6) is -0.635. The van der Waals surface area contributed by atoms with Crippen LogP contribution in [0.15, 0.2) is 15.3 Å². The average molecular weight is 344 g/mol. The van der Waals surface area contributed by atoms with Gasteiger partial charge in [-0.15, -0.1) is 0 Å². The van der Waals surface area contributed by atoms with Crippen molar-refractivity contribution in [2.45, 2.75) is 39.0 Å². The minimum Gasteiger partial charge on any atom is -0.495 e. The van der Waals surface area contributed by atoms with Gasteiger partial charge in [-0.3, -0.25) is 9.59 Å². The molecule has 0 unspecified atom stereocenters. The Morgan fingerprint density at radius 2 is 2.00 bits per heavy atom. The molecular formula is C19H20O6. The Labute approximate surface area is 144 Å². The maximum Gasteiger partial charge on any atom is 0.374 e. The molecule has 0 spiro atoms. The van der Waals surface area contributed by atoms with Gasteiger partial charge in [0.1, 0.15) is 16.7 Å². The smallest absolute Gasteiger partial charge is 0.374 e. The van der Waals surface area contributed by atoms with Crippen LogP contribution in [0.4, 0.5) is 0 Å². The number of hydrogen-bond acceptors (Lipinski definition) is 6. The van der Waals surface area contributed by atoms with E-state index in [0.717, 1.165) is 36.5 Å². The van der Waals surface area contributed by atoms with Crippen molar-refractivity contribution in [1.29, 1.82) is 0 Å². The van der Waals surface area contributed by atoms with Crippen molar-refractivity contribution in [3.8, 4) is 5.75 Å². The first-order chi connectivity index (χ1) is 12.0. The van der Waals surface area contributed by atoms with Gasteiger partial charge in [-0.1, -0.05) is 13.3 Å². The minimum absolute atomic E-state index is 0.0196. The Kier molecular flexibility index (Phi) is 4.61. The first-order valence-electron chi connectivity index (χ1n) is 8.34. The number of esters is 1. The number of ether oxygens (including phenoxy) is 2. The summed E-state index contributed by atoms with van der Waals surface area (Å²) >= 11 is 0. The van der Waals surface area contributed by atoms with E-state index in [-0.39, 0.29) is 22.7 Å². The molecule has 1 aliphatic rings. The lowest BCUT2D eigenvalue weighted by Gasteiger charge is -2.23. The third-order valence-electron chi connectivity index (χ3n) is 4.54. The fourth-order valence-corrected chi connectivity index (χ4v) is 3.51. The molecule has 25 heavy (non-hydrogen) atoms. The third kappa shape index (κ3) is 2.71. The number of carbonyl (C=O) groups is 2. The maximum absolute atomic E-state index is 12.7. The van der Waals surface area contributed by atoms with E-state index < -0.39 is 11.4 Å². The predicted octanol–water partition coefficient (Wildman–Crippen LogP) is 3.06. The molecule has 132 valence electrons. The van der Waals surface area contributed by atoms with Crippen LogP contribution in [-0.4, -0.2) is 26.0 Å². The van der Waals surface area contributed by atoms with Crippen molar-refractivity contribution in [2.24, 2.45) is 0 Å². The first kappa shape index (κ1) is 17.2. The minimum atomic E-state index is -0.714. The second kappa shape index (κ2) is 6.70. The van der Waals surface area contributed by atoms with Crippen LogP contribution in [0.3, 0.4) is 0 Å². The number of benzene rings is 1. The zero-order valence-electron chi connectivity index (χ0n) is 14.6. The lowest BCUT2D eigenvalue weighted by Crippen LogP contribution is -2.18. The second-order valence-electron chi connectivity index (χ2n) is 6.06. The Bertz CT molecular complexity index is 922. The average Bonchev–Trinajstić information content (AvgIpc) is 2.61. The number of aryl methyl sites for hydroxylation is 1. The van der Waals surface area contributed by atoms with Crippen molar-refractivity contribution in [3.63, 3.8) is 0 Å². The molecule has 6 nitrogen and oxygen atoms in total. The van der Waals surface area contributed by atoms with Gasteiger partial charge in [0.05, 0.1) is 19.8 Å². The van der Waals surface area contributed by atoms with E-state index in [9.17, 15) is 14.4 Å². The zero-order valence-corrected chi connectivity index (χ0v) is 14.6. The Morgan fingerprint density at radius 1 is 1.24 bits per heavy atom. The van der Waals surface area contributed by atoms with E-state index in [1.807, 2.05) is 6.92 Å². The molecule has 1 aliphatic carbocycles. The summed E-state index contributed by atoms with van der Waals surface area (Å²) in [5, 5.41) is 0.215. The Balaban J connectivity index is 2.49. The standard InChI is InChI=1S/C19H20O6/c1-4-6-11-10-7-5-8-12(20)15(10)18(23-2)16-13(21)9-14(19(22)24-3)25-17(11)16/h9H,4-8H2,1-3H3. The summed E-state index contributed by atoms with van der Waals surface area (Å²) in [5.41, 5.74) is 2.07. The lowest BCUT2D eigenvalue weighted by atomic mass is 9.83. The molecular weight excluding hydrogens is 324 g/mol. The number of fused-ring (bicyclic) bond motifs is 2. The highest BCUT2D eigenvalue weighted by atomic mass is 16.5. The number of carbonyl (C=O) groups excluding carboxylic acids is 2. The molecule has 6 heteroatoms. The molecule has 0 N–H and O–H groups in total. The summed E-state index contributed by atoms with van der Waals surface area (Å²) in [6.45, 7) is 2.01. The largest absolute Gasteiger partial charge is 0.495 e. The molecule has 0 fully saturated rings. The van der Waals surface area contributed by atoms with Gasteiger partial charge in [-0.2, -0.15) is 0 Å². The molecule has 1 heterocycles. The van der Waals surface area contributed by atoms with E-state index in [0.29, 0.717) is 24.0 Å². The van der Waals surface area contributed by atoms with Gasteiger partial charge in [0.25, 0.3) is 0 Å². The van der Waals surface area contributed by atoms with Gasteiger partial charge in [-0.25, -0.2) is 4.79 Å². The molecule has 1 aromatic heterocycles. The van der Waals surface area contributed by atoms with Gasteiger partial charge < -0.3 is 13.9 Å². The zero-order chi connectivity index (χ0) is 18.1. The SMILES string of the molecule is CCCc1c2c(c(OC)c3c(=O)cc(C(=O)OC)oc13)C(=O)CCC2. The molecule has 3 rings (SSSR count). The van der Waals surface area contributed by atoms with Gasteiger partial charge >= 0.3 is 5.97 Å². The fraction of sp³-hybridized carbons (Fsp3) is 0.421. The highest BCUT2D eigenvalue weighted by Gasteiger charge is 2.30. The molecule has 2 aromatic rings. The van der Waals surface area contributed by atoms with Crippen LogP contribution in [0.2, 0.25) is 0 Å². The Morgan fingerprint density at radius 3 is 2.64 bits per heavy atom. The molecule has 0 saturated heterocycles. The predicted molar refractivity (Wildman–Crippen MR) is 91.6 cm³/mol. The molecule has 1 aromatic carbocycles. The first-order valence-corrected chi connectivity index (χ1v) is 8.34. The second-order valence-corrected chi connectivity index (χ2v) is 6.06. The van der Waals surface area contributed by atoms with Crippen LogP contribution >= 0.6 is 0 Å². The maximum atomic E-state index is 12.7. The molecule has 0 aliphatic heterocycles. The normalized spacial score (nSPS) is 13.6. The highest BCUT2D eigenvalue weighted by molar-refractivity contribution is 6.07. The summed E-state index contributed by atoms with van der Waals surface area (Å²) in [4.78, 5) is 37.0. The van der Waals surface area contributed by atoms with Crippen LogP contribution in [0.25, 0.3) is 11.0 Å². The summed E-state index contributed by atoms with van der Waals surface area (Å²) in [6.07, 6.45) is 3.36. The highest BCUT2D eigenvalue weighted by Crippen LogP contribution is 2.39. The van der Waals surface area contributed by atoms with E-state index >= 15 is 0 Å². The van der Waals surface area contributed by atoms with Crippen LogP contribution in [0.1, 0.15) is 58.2 Å². The van der Waals surface area contributed by atoms with Crippen LogP contribution in [0, 0.1) is 0 Å². The van der Waals surface area contributed by atoms with Gasteiger partial charge in [0.15, 0.2) is 11.2 Å². The molecule has 0 radical (unpaired) electrons. The Hall–Kier alpha value is -2.63. The lowest BCUT2D eigenvalue weighted by molar-refractivity contribution is 0.0565. The van der Waals surface area contributed by atoms with Crippen molar-refractivity contribution in [3.05, 3.63) is 38.7 Å². The van der Waals surface area contributed by atoms with Crippen molar-refractivity contribution in [2.75, 3.05) is 14.2 Å². The number of rotatable bonds is 4. The van der Waals surface area contributed by atoms with E-state index in [4.69, 9.17) is 9.15 Å². The van der Waals surface area contributed by atoms with Gasteiger partial charge in [0.2, 0.25) is 5.76 Å². The summed E-state index contributed by atoms with van der Waals surface area (Å²) in [6, 6.07) is 1.09. The van der Waals surface area contributed by atoms with Crippen molar-refractivity contribution >= 4 is 22.7 Å². The monoisotopic (exact) mass is 344 g/mol. The number of Topliss-reactive ketones (excluding diaryl/α,β-unsaturated/α-hetero) is 1. The number of hydrogen-bond donors (Lipinski definition) is 0. The van der Waals surface area contributed by atoms with Crippen LogP contribution in [-0.2, 0) is 17.6 Å². The summed E-state index contributed by atoms with van der Waals surface area (Å²) in [7, 11) is 2.66. The fourth-order valence-electron chi connectivity index (χ4n) is 3.51. The van der Waals surface area contributed by atoms with Gasteiger partial charge in [0, 0.05) is 12.5 Å². The quantitative estimate of drug-likeness (QED) is 0.793. The van der Waals surface area contributed by atoms with E-state index in [2.05, 4.69) is 4.74 Å². The molecule has 0 bridgehead atoms. The van der Waals surface area contributed by atoms with Crippen LogP contribution in [0.5, 0.6) is 5.75 Å². The van der Waals surface area contributed by atoms with Gasteiger partial charge in [-0.05, 0) is 30.4 Å². The van der Waals surface area contributed by atoms with Crippen LogP contribution < -0.4 is 10.2 Å².